The number of hydrogen-bond acceptors (Lipinski definition) is 4. The number of nitrogens with one attached hydrogen (secondary N) is 1. The number of nitrogens with zero attached hydrogens (tertiary/aromatic N) is 3. The molecule has 2 heterocycles. The number of carbonyl (C=O) groups is 2. The normalized spacial score (nSPS) is 21.2. The molecule has 2 saturated heterocycles. The number of likely N-dealkylation sites (tertiary alicyclic amines) is 1. The van der Waals surface area contributed by atoms with Gasteiger partial charge in [-0.05, 0) is 18.6 Å². The van der Waals surface area contributed by atoms with Crippen molar-refractivity contribution in [1.82, 2.24) is 15.1 Å². The van der Waals surface area contributed by atoms with Gasteiger partial charge in [-0.2, -0.15) is 0 Å². The summed E-state index contributed by atoms with van der Waals surface area (Å²) < 4.78 is 5.41. The number of para-hydroxylation sites is 2. The zero-order valence-corrected chi connectivity index (χ0v) is 14.2. The maximum Gasteiger partial charge on any atom is 0.318 e. The SMILES string of the molecule is COc1ccccc1N1CCN(C(=O)NC2CCN(C)C2=O)CC1. The van der Waals surface area contributed by atoms with Crippen LogP contribution >= 0.6 is 0 Å². The van der Waals surface area contributed by atoms with Gasteiger partial charge < -0.3 is 24.8 Å². The van der Waals surface area contributed by atoms with Gasteiger partial charge in [0, 0.05) is 39.8 Å². The molecule has 7 heteroatoms. The Morgan fingerprint density at radius 2 is 1.88 bits per heavy atom. The Morgan fingerprint density at radius 3 is 2.50 bits per heavy atom. The van der Waals surface area contributed by atoms with Crippen LogP contribution in [0.2, 0.25) is 0 Å². The van der Waals surface area contributed by atoms with Gasteiger partial charge in [-0.15, -0.1) is 0 Å². The summed E-state index contributed by atoms with van der Waals surface area (Å²) in [5, 5.41) is 2.86. The first kappa shape index (κ1) is 16.4. The summed E-state index contributed by atoms with van der Waals surface area (Å²) in [7, 11) is 3.43. The fourth-order valence-corrected chi connectivity index (χ4v) is 3.24. The summed E-state index contributed by atoms with van der Waals surface area (Å²) in [6, 6.07) is 7.37. The summed E-state index contributed by atoms with van der Waals surface area (Å²) in [5.74, 6) is 0.839. The molecule has 3 rings (SSSR count). The number of benzene rings is 1. The summed E-state index contributed by atoms with van der Waals surface area (Å²) in [5.41, 5.74) is 1.05. The summed E-state index contributed by atoms with van der Waals surface area (Å²) in [6.45, 7) is 3.44. The highest BCUT2D eigenvalue weighted by Gasteiger charge is 2.32. The number of hydrogen-bond donors (Lipinski definition) is 1. The first-order valence-electron chi connectivity index (χ1n) is 8.28. The van der Waals surface area contributed by atoms with Crippen LogP contribution in [0.3, 0.4) is 0 Å². The molecular formula is C17H24N4O3. The van der Waals surface area contributed by atoms with Crippen molar-refractivity contribution in [2.24, 2.45) is 0 Å². The minimum Gasteiger partial charge on any atom is -0.495 e. The first-order chi connectivity index (χ1) is 11.6. The largest absolute Gasteiger partial charge is 0.495 e. The number of urea groups is 1. The van der Waals surface area contributed by atoms with Crippen molar-refractivity contribution >= 4 is 17.6 Å². The smallest absolute Gasteiger partial charge is 0.318 e. The van der Waals surface area contributed by atoms with Crippen molar-refractivity contribution in [2.75, 3.05) is 51.8 Å². The summed E-state index contributed by atoms with van der Waals surface area (Å²) in [6.07, 6.45) is 0.683. The molecule has 2 aliphatic heterocycles. The second kappa shape index (κ2) is 6.98. The maximum atomic E-state index is 12.4. The van der Waals surface area contributed by atoms with Crippen LogP contribution in [-0.4, -0.2) is 74.7 Å². The molecule has 0 saturated carbocycles. The highest BCUT2D eigenvalue weighted by Crippen LogP contribution is 2.28. The Balaban J connectivity index is 1.55. The minimum absolute atomic E-state index is 0.00370. The van der Waals surface area contributed by atoms with Gasteiger partial charge in [-0.1, -0.05) is 12.1 Å². The van der Waals surface area contributed by atoms with E-state index in [1.807, 2.05) is 24.3 Å². The minimum atomic E-state index is -0.380. The maximum absolute atomic E-state index is 12.4. The predicted molar refractivity (Wildman–Crippen MR) is 91.4 cm³/mol. The predicted octanol–water partition coefficient (Wildman–Crippen LogP) is 0.758. The molecule has 24 heavy (non-hydrogen) atoms. The number of piperazine rings is 1. The van der Waals surface area contributed by atoms with Crippen molar-refractivity contribution in [2.45, 2.75) is 12.5 Å². The van der Waals surface area contributed by atoms with Crippen LogP contribution in [0.15, 0.2) is 24.3 Å². The average molecular weight is 332 g/mol. The number of anilines is 1. The molecule has 1 unspecified atom stereocenters. The topological polar surface area (TPSA) is 65.1 Å². The van der Waals surface area contributed by atoms with Crippen LogP contribution in [0.25, 0.3) is 0 Å². The van der Waals surface area contributed by atoms with E-state index >= 15 is 0 Å². The van der Waals surface area contributed by atoms with E-state index < -0.39 is 0 Å². The highest BCUT2D eigenvalue weighted by molar-refractivity contribution is 5.88. The second-order valence-corrected chi connectivity index (χ2v) is 6.20. The summed E-state index contributed by atoms with van der Waals surface area (Å²) in [4.78, 5) is 29.9. The van der Waals surface area contributed by atoms with Crippen molar-refractivity contribution in [1.29, 1.82) is 0 Å². The Bertz CT molecular complexity index is 614. The van der Waals surface area contributed by atoms with Crippen LogP contribution < -0.4 is 15.0 Å². The first-order valence-corrected chi connectivity index (χ1v) is 8.28. The monoisotopic (exact) mass is 332 g/mol. The molecular weight excluding hydrogens is 308 g/mol. The lowest BCUT2D eigenvalue weighted by molar-refractivity contribution is -0.128. The highest BCUT2D eigenvalue weighted by atomic mass is 16.5. The average Bonchev–Trinajstić information content (AvgIpc) is 2.94. The fraction of sp³-hybridized carbons (Fsp3) is 0.529. The zero-order valence-electron chi connectivity index (χ0n) is 14.2. The molecule has 130 valence electrons. The number of ether oxygens (including phenoxy) is 1. The second-order valence-electron chi connectivity index (χ2n) is 6.20. The molecule has 0 radical (unpaired) electrons. The van der Waals surface area contributed by atoms with Gasteiger partial charge in [-0.25, -0.2) is 4.79 Å². The van der Waals surface area contributed by atoms with Crippen molar-refractivity contribution in [3.05, 3.63) is 24.3 Å². The number of carbonyl (C=O) groups excluding carboxylic acids is 2. The van der Waals surface area contributed by atoms with E-state index in [1.165, 1.54) is 0 Å². The Hall–Kier alpha value is -2.44. The molecule has 1 atom stereocenters. The Labute approximate surface area is 142 Å². The molecule has 1 aromatic rings. The van der Waals surface area contributed by atoms with Crippen LogP contribution in [-0.2, 0) is 4.79 Å². The van der Waals surface area contributed by atoms with Gasteiger partial charge in [0.25, 0.3) is 0 Å². The van der Waals surface area contributed by atoms with Crippen LogP contribution in [0.5, 0.6) is 5.75 Å². The number of methoxy groups -OCH3 is 1. The van der Waals surface area contributed by atoms with Gasteiger partial charge in [-0.3, -0.25) is 4.79 Å². The van der Waals surface area contributed by atoms with Gasteiger partial charge >= 0.3 is 6.03 Å². The third-order valence-electron chi connectivity index (χ3n) is 4.72. The molecule has 7 nitrogen and oxygen atoms in total. The van der Waals surface area contributed by atoms with Gasteiger partial charge in [0.15, 0.2) is 0 Å². The Kier molecular flexibility index (Phi) is 4.78. The van der Waals surface area contributed by atoms with Crippen LogP contribution in [0, 0.1) is 0 Å². The van der Waals surface area contributed by atoms with E-state index in [-0.39, 0.29) is 18.0 Å². The lowest BCUT2D eigenvalue weighted by Crippen LogP contribution is -2.54. The molecule has 2 fully saturated rings. The van der Waals surface area contributed by atoms with E-state index in [2.05, 4.69) is 10.2 Å². The zero-order chi connectivity index (χ0) is 17.1. The van der Waals surface area contributed by atoms with Gasteiger partial charge in [0.1, 0.15) is 11.8 Å². The number of rotatable bonds is 3. The van der Waals surface area contributed by atoms with Crippen molar-refractivity contribution in [3.8, 4) is 5.75 Å². The van der Waals surface area contributed by atoms with E-state index in [0.717, 1.165) is 24.5 Å². The molecule has 0 bridgehead atoms. The molecule has 0 aliphatic carbocycles. The quantitative estimate of drug-likeness (QED) is 0.887. The molecule has 0 aromatic heterocycles. The van der Waals surface area contributed by atoms with E-state index in [9.17, 15) is 9.59 Å². The molecule has 0 spiro atoms. The number of amides is 3. The number of likely N-dealkylation sites (N-methyl/N-ethyl adjacent to an activating group) is 1. The van der Waals surface area contributed by atoms with Gasteiger partial charge in [0.05, 0.1) is 12.8 Å². The molecule has 3 amide bonds. The standard InChI is InChI=1S/C17H24N4O3/c1-19-8-7-13(16(19)22)18-17(23)21-11-9-20(10-12-21)14-5-3-4-6-15(14)24-2/h3-6,13H,7-12H2,1-2H3,(H,18,23). The lowest BCUT2D eigenvalue weighted by atomic mass is 10.2. The van der Waals surface area contributed by atoms with E-state index in [1.54, 1.807) is 24.0 Å². The van der Waals surface area contributed by atoms with Crippen molar-refractivity contribution in [3.63, 3.8) is 0 Å². The third-order valence-corrected chi connectivity index (χ3v) is 4.72. The van der Waals surface area contributed by atoms with E-state index in [4.69, 9.17) is 4.74 Å². The van der Waals surface area contributed by atoms with Crippen molar-refractivity contribution < 1.29 is 14.3 Å². The molecule has 1 aromatic carbocycles. The van der Waals surface area contributed by atoms with E-state index in [0.29, 0.717) is 26.1 Å². The lowest BCUT2D eigenvalue weighted by Gasteiger charge is -2.36. The van der Waals surface area contributed by atoms with Crippen LogP contribution in [0.1, 0.15) is 6.42 Å². The van der Waals surface area contributed by atoms with Crippen LogP contribution in [0.4, 0.5) is 10.5 Å². The third kappa shape index (κ3) is 3.25. The fourth-order valence-electron chi connectivity index (χ4n) is 3.24. The molecule has 2 aliphatic rings. The molecule has 1 N–H and O–H groups in total. The Morgan fingerprint density at radius 1 is 1.17 bits per heavy atom. The van der Waals surface area contributed by atoms with Gasteiger partial charge in [0.2, 0.25) is 5.91 Å². The summed E-state index contributed by atoms with van der Waals surface area (Å²) >= 11 is 0.